The first-order chi connectivity index (χ1) is 9.86. The summed E-state index contributed by atoms with van der Waals surface area (Å²) in [7, 11) is -2.09. The lowest BCUT2D eigenvalue weighted by Gasteiger charge is -2.20. The van der Waals surface area contributed by atoms with E-state index in [4.69, 9.17) is 5.26 Å². The summed E-state index contributed by atoms with van der Waals surface area (Å²) in [5.41, 5.74) is 3.00. The molecule has 5 heteroatoms. The zero-order valence-electron chi connectivity index (χ0n) is 12.2. The third-order valence-corrected chi connectivity index (χ3v) is 5.28. The Morgan fingerprint density at radius 1 is 1.00 bits per heavy atom. The molecule has 0 aliphatic carbocycles. The third kappa shape index (κ3) is 2.91. The molecule has 0 atom stereocenters. The average molecular weight is 300 g/mol. The van der Waals surface area contributed by atoms with Crippen LogP contribution in [-0.4, -0.2) is 15.5 Å². The van der Waals surface area contributed by atoms with Crippen LogP contribution in [0.4, 0.5) is 5.69 Å². The van der Waals surface area contributed by atoms with Crippen LogP contribution < -0.4 is 4.31 Å². The molecule has 0 amide bonds. The van der Waals surface area contributed by atoms with Gasteiger partial charge in [-0.25, -0.2) is 8.42 Å². The monoisotopic (exact) mass is 300 g/mol. The fraction of sp³-hybridized carbons (Fsp3) is 0.188. The highest BCUT2D eigenvalue weighted by atomic mass is 32.2. The summed E-state index contributed by atoms with van der Waals surface area (Å²) in [6, 6.07) is 13.5. The van der Waals surface area contributed by atoms with Crippen LogP contribution in [0.5, 0.6) is 0 Å². The van der Waals surface area contributed by atoms with Gasteiger partial charge in [0.1, 0.15) is 0 Å². The Balaban J connectivity index is 2.42. The fourth-order valence-electron chi connectivity index (χ4n) is 1.92. The van der Waals surface area contributed by atoms with E-state index in [9.17, 15) is 8.42 Å². The first-order valence-electron chi connectivity index (χ1n) is 6.42. The molecule has 0 aliphatic heterocycles. The Morgan fingerprint density at radius 2 is 1.62 bits per heavy atom. The van der Waals surface area contributed by atoms with Crippen molar-refractivity contribution in [1.29, 1.82) is 5.26 Å². The quantitative estimate of drug-likeness (QED) is 0.875. The smallest absolute Gasteiger partial charge is 0.264 e. The van der Waals surface area contributed by atoms with Crippen LogP contribution in [-0.2, 0) is 10.0 Å². The lowest BCUT2D eigenvalue weighted by molar-refractivity contribution is 0.594. The Labute approximate surface area is 125 Å². The molecular formula is C16H16N2O2S. The molecule has 0 fully saturated rings. The third-order valence-electron chi connectivity index (χ3n) is 3.50. The van der Waals surface area contributed by atoms with Gasteiger partial charge in [-0.2, -0.15) is 5.26 Å². The number of benzene rings is 2. The lowest BCUT2D eigenvalue weighted by Crippen LogP contribution is -2.26. The van der Waals surface area contributed by atoms with Crippen molar-refractivity contribution in [1.82, 2.24) is 0 Å². The summed E-state index contributed by atoms with van der Waals surface area (Å²) in [5, 5.41) is 8.78. The maximum Gasteiger partial charge on any atom is 0.264 e. The number of rotatable bonds is 3. The van der Waals surface area contributed by atoms with E-state index in [2.05, 4.69) is 0 Å². The van der Waals surface area contributed by atoms with Crippen LogP contribution in [0.3, 0.4) is 0 Å². The number of aryl methyl sites for hydroxylation is 2. The molecule has 0 aromatic heterocycles. The average Bonchev–Trinajstić information content (AvgIpc) is 2.49. The van der Waals surface area contributed by atoms with Gasteiger partial charge in [0.05, 0.1) is 22.2 Å². The summed E-state index contributed by atoms with van der Waals surface area (Å²) in [4.78, 5) is 0.262. The highest BCUT2D eigenvalue weighted by molar-refractivity contribution is 7.92. The number of nitriles is 1. The molecule has 4 nitrogen and oxygen atoms in total. The van der Waals surface area contributed by atoms with Crippen LogP contribution in [0.1, 0.15) is 16.7 Å². The van der Waals surface area contributed by atoms with Crippen molar-refractivity contribution in [2.45, 2.75) is 18.7 Å². The van der Waals surface area contributed by atoms with Gasteiger partial charge < -0.3 is 0 Å². The largest absolute Gasteiger partial charge is 0.269 e. The Kier molecular flexibility index (Phi) is 4.01. The summed E-state index contributed by atoms with van der Waals surface area (Å²) in [6.45, 7) is 3.83. The van der Waals surface area contributed by atoms with E-state index in [1.807, 2.05) is 19.9 Å². The van der Waals surface area contributed by atoms with Gasteiger partial charge in [0.2, 0.25) is 0 Å². The number of hydrogen-bond donors (Lipinski definition) is 0. The van der Waals surface area contributed by atoms with E-state index in [0.29, 0.717) is 11.3 Å². The van der Waals surface area contributed by atoms with Crippen molar-refractivity contribution < 1.29 is 8.42 Å². The maximum absolute atomic E-state index is 12.6. The molecule has 2 rings (SSSR count). The van der Waals surface area contributed by atoms with Crippen LogP contribution in [0.15, 0.2) is 47.4 Å². The zero-order chi connectivity index (χ0) is 15.6. The minimum Gasteiger partial charge on any atom is -0.269 e. The van der Waals surface area contributed by atoms with Crippen molar-refractivity contribution in [2.24, 2.45) is 0 Å². The molecule has 0 saturated heterocycles. The van der Waals surface area contributed by atoms with E-state index >= 15 is 0 Å². The van der Waals surface area contributed by atoms with Gasteiger partial charge in [0.15, 0.2) is 0 Å². The molecule has 0 bridgehead atoms. The summed E-state index contributed by atoms with van der Waals surface area (Å²) in [6.07, 6.45) is 0. The van der Waals surface area contributed by atoms with Crippen molar-refractivity contribution in [3.8, 4) is 6.07 Å². The van der Waals surface area contributed by atoms with Gasteiger partial charge >= 0.3 is 0 Å². The number of nitrogens with zero attached hydrogens (tertiary/aromatic N) is 2. The predicted octanol–water partition coefficient (Wildman–Crippen LogP) is 3.00. The van der Waals surface area contributed by atoms with E-state index in [-0.39, 0.29) is 4.90 Å². The van der Waals surface area contributed by atoms with Crippen LogP contribution in [0.2, 0.25) is 0 Å². The normalized spacial score (nSPS) is 11.0. The van der Waals surface area contributed by atoms with Gasteiger partial charge in [-0.05, 0) is 61.4 Å². The minimum atomic E-state index is -3.60. The molecule has 0 radical (unpaired) electrons. The van der Waals surface area contributed by atoms with Gasteiger partial charge in [-0.3, -0.25) is 4.31 Å². The fourth-order valence-corrected chi connectivity index (χ4v) is 3.20. The number of hydrogen-bond acceptors (Lipinski definition) is 3. The Bertz CT molecular complexity index is 803. The topological polar surface area (TPSA) is 61.2 Å². The zero-order valence-corrected chi connectivity index (χ0v) is 13.0. The second-order valence-electron chi connectivity index (χ2n) is 4.88. The van der Waals surface area contributed by atoms with Crippen molar-refractivity contribution in [2.75, 3.05) is 11.4 Å². The van der Waals surface area contributed by atoms with Gasteiger partial charge in [0, 0.05) is 7.05 Å². The Morgan fingerprint density at radius 3 is 2.14 bits per heavy atom. The SMILES string of the molecule is Cc1ccc(S(=O)(=O)N(C)c2ccc(C#N)cc2)cc1C. The molecule has 21 heavy (non-hydrogen) atoms. The maximum atomic E-state index is 12.6. The molecule has 0 N–H and O–H groups in total. The standard InChI is InChI=1S/C16H16N2O2S/c1-12-4-9-16(10-13(12)2)21(19,20)18(3)15-7-5-14(11-17)6-8-15/h4-10H,1-3H3. The molecule has 0 aliphatic rings. The Hall–Kier alpha value is -2.32. The van der Waals surface area contributed by atoms with Gasteiger partial charge in [-0.1, -0.05) is 6.07 Å². The first kappa shape index (κ1) is 15.1. The second-order valence-corrected chi connectivity index (χ2v) is 6.85. The molecule has 108 valence electrons. The van der Waals surface area contributed by atoms with Gasteiger partial charge in [0.25, 0.3) is 10.0 Å². The van der Waals surface area contributed by atoms with E-state index in [1.165, 1.54) is 11.4 Å². The second kappa shape index (κ2) is 5.58. The van der Waals surface area contributed by atoms with Crippen molar-refractivity contribution in [3.63, 3.8) is 0 Å². The molecule has 2 aromatic carbocycles. The number of sulfonamides is 1. The highest BCUT2D eigenvalue weighted by Crippen LogP contribution is 2.23. The molecule has 0 saturated carbocycles. The highest BCUT2D eigenvalue weighted by Gasteiger charge is 2.21. The molecule has 0 unspecified atom stereocenters. The van der Waals surface area contributed by atoms with Gasteiger partial charge in [-0.15, -0.1) is 0 Å². The van der Waals surface area contributed by atoms with E-state index in [1.54, 1.807) is 42.5 Å². The van der Waals surface area contributed by atoms with E-state index < -0.39 is 10.0 Å². The van der Waals surface area contributed by atoms with Crippen LogP contribution in [0.25, 0.3) is 0 Å². The first-order valence-corrected chi connectivity index (χ1v) is 7.86. The van der Waals surface area contributed by atoms with E-state index in [0.717, 1.165) is 11.1 Å². The van der Waals surface area contributed by atoms with Crippen LogP contribution in [0, 0.1) is 25.2 Å². The predicted molar refractivity (Wildman–Crippen MR) is 82.7 cm³/mol. The summed E-state index contributed by atoms with van der Waals surface area (Å²) >= 11 is 0. The summed E-state index contributed by atoms with van der Waals surface area (Å²) < 4.78 is 26.4. The molecule has 0 spiro atoms. The molecule has 2 aromatic rings. The lowest BCUT2D eigenvalue weighted by atomic mass is 10.1. The molecule has 0 heterocycles. The number of anilines is 1. The molecular weight excluding hydrogens is 284 g/mol. The minimum absolute atomic E-state index is 0.262. The van der Waals surface area contributed by atoms with Crippen molar-refractivity contribution >= 4 is 15.7 Å². The van der Waals surface area contributed by atoms with Crippen LogP contribution >= 0.6 is 0 Å². The van der Waals surface area contributed by atoms with Crippen molar-refractivity contribution in [3.05, 3.63) is 59.2 Å². The summed E-state index contributed by atoms with van der Waals surface area (Å²) in [5.74, 6) is 0.